The zero-order valence-electron chi connectivity index (χ0n) is 8.50. The van der Waals surface area contributed by atoms with Gasteiger partial charge in [0.25, 0.3) is 0 Å². The van der Waals surface area contributed by atoms with Crippen LogP contribution in [0.4, 0.5) is 11.4 Å². The number of hydrogen-bond acceptors (Lipinski definition) is 2. The van der Waals surface area contributed by atoms with Crippen LogP contribution in [0.25, 0.3) is 0 Å². The second-order valence-electron chi connectivity index (χ2n) is 3.76. The molecule has 0 atom stereocenters. The standard InChI is InChI=1S/C11H14N2O/c1-7-5-9-3-4-13(8(2)14)11(9)6-10(7)12/h5-6H,3-4,12H2,1-2H3. The summed E-state index contributed by atoms with van der Waals surface area (Å²) in [6, 6.07) is 3.98. The number of carbonyl (C=O) groups is 1. The van der Waals surface area contributed by atoms with Crippen LogP contribution in [0, 0.1) is 6.92 Å². The zero-order valence-corrected chi connectivity index (χ0v) is 8.50. The lowest BCUT2D eigenvalue weighted by atomic mass is 10.1. The van der Waals surface area contributed by atoms with E-state index in [2.05, 4.69) is 6.07 Å². The smallest absolute Gasteiger partial charge is 0.223 e. The molecule has 14 heavy (non-hydrogen) atoms. The second-order valence-corrected chi connectivity index (χ2v) is 3.76. The first-order chi connectivity index (χ1) is 6.59. The van der Waals surface area contributed by atoms with E-state index in [1.807, 2.05) is 13.0 Å². The lowest BCUT2D eigenvalue weighted by Gasteiger charge is -2.15. The number of nitrogens with zero attached hydrogens (tertiary/aromatic N) is 1. The molecule has 0 fully saturated rings. The number of amides is 1. The van der Waals surface area contributed by atoms with Crippen molar-refractivity contribution >= 4 is 17.3 Å². The average Bonchev–Trinajstić information content (AvgIpc) is 2.48. The van der Waals surface area contributed by atoms with Crippen molar-refractivity contribution in [3.05, 3.63) is 23.3 Å². The van der Waals surface area contributed by atoms with E-state index >= 15 is 0 Å². The Hall–Kier alpha value is -1.51. The van der Waals surface area contributed by atoms with E-state index in [1.165, 1.54) is 5.56 Å². The van der Waals surface area contributed by atoms with Gasteiger partial charge in [-0.1, -0.05) is 6.07 Å². The van der Waals surface area contributed by atoms with Gasteiger partial charge in [0, 0.05) is 24.8 Å². The van der Waals surface area contributed by atoms with E-state index in [0.717, 1.165) is 29.9 Å². The van der Waals surface area contributed by atoms with Crippen molar-refractivity contribution in [3.8, 4) is 0 Å². The van der Waals surface area contributed by atoms with Crippen LogP contribution < -0.4 is 10.6 Å². The molecule has 3 heteroatoms. The number of anilines is 2. The molecule has 1 aromatic carbocycles. The predicted octanol–water partition coefficient (Wildman–Crippen LogP) is 1.49. The molecule has 0 aliphatic carbocycles. The molecule has 3 nitrogen and oxygen atoms in total. The fourth-order valence-electron chi connectivity index (χ4n) is 1.90. The first-order valence-electron chi connectivity index (χ1n) is 4.76. The molecule has 74 valence electrons. The quantitative estimate of drug-likeness (QED) is 0.630. The van der Waals surface area contributed by atoms with Gasteiger partial charge in [-0.2, -0.15) is 0 Å². The zero-order chi connectivity index (χ0) is 10.3. The lowest BCUT2D eigenvalue weighted by Crippen LogP contribution is -2.25. The van der Waals surface area contributed by atoms with E-state index in [0.29, 0.717) is 0 Å². The second kappa shape index (κ2) is 3.01. The molecule has 1 aromatic rings. The van der Waals surface area contributed by atoms with Crippen LogP contribution >= 0.6 is 0 Å². The van der Waals surface area contributed by atoms with Crippen LogP contribution in [-0.2, 0) is 11.2 Å². The molecule has 0 bridgehead atoms. The maximum Gasteiger partial charge on any atom is 0.223 e. The van der Waals surface area contributed by atoms with Crippen LogP contribution in [0.3, 0.4) is 0 Å². The number of aryl methyl sites for hydroxylation is 1. The summed E-state index contributed by atoms with van der Waals surface area (Å²) in [5, 5.41) is 0. The molecule has 2 N–H and O–H groups in total. The highest BCUT2D eigenvalue weighted by atomic mass is 16.2. The number of nitrogen functional groups attached to an aromatic ring is 1. The van der Waals surface area contributed by atoms with Gasteiger partial charge in [-0.05, 0) is 30.5 Å². The van der Waals surface area contributed by atoms with Gasteiger partial charge in [0.1, 0.15) is 0 Å². The Kier molecular flexibility index (Phi) is 1.95. The average molecular weight is 190 g/mol. The largest absolute Gasteiger partial charge is 0.398 e. The predicted molar refractivity (Wildman–Crippen MR) is 57.3 cm³/mol. The fourth-order valence-corrected chi connectivity index (χ4v) is 1.90. The molecule has 0 spiro atoms. The molecule has 0 saturated heterocycles. The number of benzene rings is 1. The van der Waals surface area contributed by atoms with Gasteiger partial charge in [-0.15, -0.1) is 0 Å². The Balaban J connectivity index is 2.50. The third-order valence-electron chi connectivity index (χ3n) is 2.74. The van der Waals surface area contributed by atoms with Gasteiger partial charge in [-0.25, -0.2) is 0 Å². The molecular weight excluding hydrogens is 176 g/mol. The Morgan fingerprint density at radius 2 is 2.21 bits per heavy atom. The molecule has 1 amide bonds. The summed E-state index contributed by atoms with van der Waals surface area (Å²) in [4.78, 5) is 13.1. The molecule has 2 rings (SSSR count). The molecule has 1 heterocycles. The van der Waals surface area contributed by atoms with E-state index in [-0.39, 0.29) is 5.91 Å². The van der Waals surface area contributed by atoms with E-state index in [9.17, 15) is 4.79 Å². The van der Waals surface area contributed by atoms with Gasteiger partial charge in [0.05, 0.1) is 0 Å². The number of hydrogen-bond donors (Lipinski definition) is 1. The third kappa shape index (κ3) is 1.25. The van der Waals surface area contributed by atoms with Crippen molar-refractivity contribution in [3.63, 3.8) is 0 Å². The monoisotopic (exact) mass is 190 g/mol. The minimum absolute atomic E-state index is 0.0898. The molecule has 1 aliphatic rings. The highest BCUT2D eigenvalue weighted by molar-refractivity contribution is 5.94. The Bertz CT molecular complexity index is 399. The Labute approximate surface area is 83.5 Å². The Morgan fingerprint density at radius 1 is 1.50 bits per heavy atom. The van der Waals surface area contributed by atoms with Crippen molar-refractivity contribution in [2.45, 2.75) is 20.3 Å². The summed E-state index contributed by atoms with van der Waals surface area (Å²) >= 11 is 0. The van der Waals surface area contributed by atoms with Gasteiger partial charge >= 0.3 is 0 Å². The number of carbonyl (C=O) groups excluding carboxylic acids is 1. The van der Waals surface area contributed by atoms with Gasteiger partial charge in [-0.3, -0.25) is 4.79 Å². The van der Waals surface area contributed by atoms with Crippen molar-refractivity contribution in [1.29, 1.82) is 0 Å². The normalized spacial score (nSPS) is 14.3. The number of nitrogens with two attached hydrogens (primary N) is 1. The van der Waals surface area contributed by atoms with Gasteiger partial charge in [0.15, 0.2) is 0 Å². The highest BCUT2D eigenvalue weighted by Gasteiger charge is 2.22. The summed E-state index contributed by atoms with van der Waals surface area (Å²) in [6.07, 6.45) is 0.941. The SMILES string of the molecule is CC(=O)N1CCc2cc(C)c(N)cc21. The molecular formula is C11H14N2O. The van der Waals surface area contributed by atoms with Crippen molar-refractivity contribution in [2.24, 2.45) is 0 Å². The third-order valence-corrected chi connectivity index (χ3v) is 2.74. The van der Waals surface area contributed by atoms with Crippen LogP contribution in [-0.4, -0.2) is 12.5 Å². The summed E-state index contributed by atoms with van der Waals surface area (Å²) < 4.78 is 0. The van der Waals surface area contributed by atoms with Crippen molar-refractivity contribution in [2.75, 3.05) is 17.2 Å². The summed E-state index contributed by atoms with van der Waals surface area (Å²) in [5.74, 6) is 0.0898. The molecule has 0 saturated carbocycles. The first-order valence-corrected chi connectivity index (χ1v) is 4.76. The minimum atomic E-state index is 0.0898. The summed E-state index contributed by atoms with van der Waals surface area (Å²) in [6.45, 7) is 4.37. The van der Waals surface area contributed by atoms with Crippen LogP contribution in [0.2, 0.25) is 0 Å². The van der Waals surface area contributed by atoms with Crippen LogP contribution in [0.5, 0.6) is 0 Å². The van der Waals surface area contributed by atoms with Crippen LogP contribution in [0.1, 0.15) is 18.1 Å². The van der Waals surface area contributed by atoms with Crippen molar-refractivity contribution < 1.29 is 4.79 Å². The topological polar surface area (TPSA) is 46.3 Å². The molecule has 1 aliphatic heterocycles. The highest BCUT2D eigenvalue weighted by Crippen LogP contribution is 2.31. The fraction of sp³-hybridized carbons (Fsp3) is 0.364. The molecule has 0 unspecified atom stereocenters. The number of rotatable bonds is 0. The first kappa shape index (κ1) is 9.06. The summed E-state index contributed by atoms with van der Waals surface area (Å²) in [7, 11) is 0. The number of fused-ring (bicyclic) bond motifs is 1. The molecule has 0 radical (unpaired) electrons. The van der Waals surface area contributed by atoms with Gasteiger partial charge < -0.3 is 10.6 Å². The molecule has 0 aromatic heterocycles. The Morgan fingerprint density at radius 3 is 2.86 bits per heavy atom. The van der Waals surface area contributed by atoms with E-state index < -0.39 is 0 Å². The van der Waals surface area contributed by atoms with Crippen molar-refractivity contribution in [1.82, 2.24) is 0 Å². The van der Waals surface area contributed by atoms with Gasteiger partial charge in [0.2, 0.25) is 5.91 Å². The van der Waals surface area contributed by atoms with Crippen LogP contribution in [0.15, 0.2) is 12.1 Å². The minimum Gasteiger partial charge on any atom is -0.398 e. The van der Waals surface area contributed by atoms with E-state index in [4.69, 9.17) is 5.73 Å². The maximum absolute atomic E-state index is 11.3. The van der Waals surface area contributed by atoms with E-state index in [1.54, 1.807) is 11.8 Å². The summed E-state index contributed by atoms with van der Waals surface area (Å²) in [5.41, 5.74) is 9.89. The lowest BCUT2D eigenvalue weighted by molar-refractivity contribution is -0.116. The maximum atomic E-state index is 11.3.